The van der Waals surface area contributed by atoms with Crippen molar-refractivity contribution in [3.8, 4) is 0 Å². The fourth-order valence-corrected chi connectivity index (χ4v) is 2.24. The van der Waals surface area contributed by atoms with Gasteiger partial charge in [-0.05, 0) is 0 Å². The fraction of sp³-hybridized carbons (Fsp3) is 0.150. The molecule has 0 bridgehead atoms. The fourth-order valence-electron chi connectivity index (χ4n) is 2.24. The van der Waals surface area contributed by atoms with Gasteiger partial charge >= 0.3 is 53.5 Å². The van der Waals surface area contributed by atoms with Crippen molar-refractivity contribution >= 4 is 33.2 Å². The first-order valence-corrected chi connectivity index (χ1v) is 20.4. The van der Waals surface area contributed by atoms with Gasteiger partial charge in [0, 0.05) is 0 Å². The minimum absolute atomic E-state index is 0.224. The molecular formula is C20H20Cl2SiZr-2. The van der Waals surface area contributed by atoms with Crippen molar-refractivity contribution in [2.75, 3.05) is 0 Å². The van der Waals surface area contributed by atoms with Crippen LogP contribution in [0.3, 0.4) is 0 Å². The molecule has 0 aromatic heterocycles. The van der Waals surface area contributed by atoms with Gasteiger partial charge in [0.2, 0.25) is 0 Å². The standard InChI is InChI=1S/C13H9.C5H5.C2H6Si.2ClH.Zr/c1-2-6-12-10(4-1)8-9-11-5-3-7-13(11)12;1-2-4-5-3-1;1-3-2;;;/h1-4,6,8-9H,5H2;1-5H;1-2H3;2*1H;/q2*-1;;;;+2/p-2. The van der Waals surface area contributed by atoms with Crippen molar-refractivity contribution in [3.05, 3.63) is 90.0 Å². The molecule has 4 rings (SSSR count). The second kappa shape index (κ2) is 10.5. The van der Waals surface area contributed by atoms with Gasteiger partial charge in [0.15, 0.2) is 0 Å². The van der Waals surface area contributed by atoms with Crippen LogP contribution in [-0.4, -0.2) is 5.43 Å². The van der Waals surface area contributed by atoms with Crippen molar-refractivity contribution in [1.82, 2.24) is 0 Å². The van der Waals surface area contributed by atoms with E-state index in [0.29, 0.717) is 0 Å². The van der Waals surface area contributed by atoms with Gasteiger partial charge in [0.1, 0.15) is 0 Å². The van der Waals surface area contributed by atoms with E-state index in [1.165, 1.54) is 21.9 Å². The average Bonchev–Trinajstić information content (AvgIpc) is 3.29. The Morgan fingerprint density at radius 1 is 1.00 bits per heavy atom. The third-order valence-corrected chi connectivity index (χ3v) is 23.3. The minimum Gasteiger partial charge on any atom is -0.214 e. The van der Waals surface area contributed by atoms with Gasteiger partial charge in [-0.25, -0.2) is 12.1 Å². The van der Waals surface area contributed by atoms with Gasteiger partial charge in [-0.1, -0.05) is 36.1 Å². The first-order valence-electron chi connectivity index (χ1n) is 7.83. The summed E-state index contributed by atoms with van der Waals surface area (Å²) >= 11 is -1.65. The minimum atomic E-state index is -1.65. The Kier molecular flexibility index (Phi) is 8.62. The number of fused-ring (bicyclic) bond motifs is 3. The molecule has 1 aliphatic carbocycles. The molecule has 4 heteroatoms. The van der Waals surface area contributed by atoms with E-state index in [4.69, 9.17) is 17.0 Å². The molecule has 0 fully saturated rings. The number of rotatable bonds is 0. The van der Waals surface area contributed by atoms with E-state index in [-0.39, 0.29) is 5.43 Å². The molecule has 0 saturated carbocycles. The monoisotopic (exact) mass is 448 g/mol. The van der Waals surface area contributed by atoms with Crippen molar-refractivity contribution in [2.45, 2.75) is 19.5 Å². The summed E-state index contributed by atoms with van der Waals surface area (Å²) < 4.78 is 0. The van der Waals surface area contributed by atoms with Crippen LogP contribution >= 0.6 is 17.0 Å². The molecule has 1 aliphatic rings. The largest absolute Gasteiger partial charge is 0.214 e. The van der Waals surface area contributed by atoms with Gasteiger partial charge < -0.3 is 0 Å². The molecule has 0 N–H and O–H groups in total. The van der Waals surface area contributed by atoms with E-state index in [1.54, 1.807) is 0 Å². The zero-order valence-corrected chi connectivity index (χ0v) is 18.9. The number of allylic oxidation sites excluding steroid dienone is 1. The maximum atomic E-state index is 5.62. The van der Waals surface area contributed by atoms with E-state index >= 15 is 0 Å². The van der Waals surface area contributed by atoms with Gasteiger partial charge in [0.05, 0.1) is 0 Å². The van der Waals surface area contributed by atoms with E-state index in [9.17, 15) is 0 Å². The molecule has 0 atom stereocenters. The first-order chi connectivity index (χ1) is 11.6. The molecule has 0 aliphatic heterocycles. The summed E-state index contributed by atoms with van der Waals surface area (Å²) in [5.41, 5.74) is 2.47. The zero-order valence-electron chi connectivity index (χ0n) is 13.9. The molecule has 0 radical (unpaired) electrons. The van der Waals surface area contributed by atoms with Crippen molar-refractivity contribution in [3.63, 3.8) is 0 Å². The number of hydrogen-bond acceptors (Lipinski definition) is 0. The summed E-state index contributed by atoms with van der Waals surface area (Å²) in [5.74, 6) is 0. The Morgan fingerprint density at radius 3 is 2.25 bits per heavy atom. The van der Waals surface area contributed by atoms with Crippen LogP contribution in [0.1, 0.15) is 11.1 Å². The maximum absolute atomic E-state index is 5.62. The second-order valence-electron chi connectivity index (χ2n) is 5.60. The predicted octanol–water partition coefficient (Wildman–Crippen LogP) is 6.67. The summed E-state index contributed by atoms with van der Waals surface area (Å²) in [6, 6.07) is 22.9. The van der Waals surface area contributed by atoms with Crippen LogP contribution in [0.15, 0.2) is 72.8 Å². The quantitative estimate of drug-likeness (QED) is 0.265. The number of hydrogen-bond donors (Lipinski definition) is 0. The molecule has 0 unspecified atom stereocenters. The molecular weight excluding hydrogens is 430 g/mol. The molecule has 124 valence electrons. The molecule has 0 amide bonds. The van der Waals surface area contributed by atoms with Crippen LogP contribution in [0.25, 0.3) is 10.8 Å². The van der Waals surface area contributed by atoms with Crippen molar-refractivity contribution in [1.29, 1.82) is 0 Å². The Balaban J connectivity index is 0.000000159. The van der Waals surface area contributed by atoms with Gasteiger partial charge in [0.25, 0.3) is 0 Å². The Bertz CT molecular complexity index is 801. The summed E-state index contributed by atoms with van der Waals surface area (Å²) in [6.07, 6.45) is 6.47. The van der Waals surface area contributed by atoms with E-state index in [0.717, 1.165) is 6.42 Å². The molecule has 3 aromatic rings. The van der Waals surface area contributed by atoms with Crippen LogP contribution in [0.5, 0.6) is 0 Å². The Labute approximate surface area is 159 Å². The SMILES string of the molecule is C[Si](C)=[Zr]([Cl])[Cl].[C-]1=CCc2ccc3ccccc3c21.c1cc[cH-]c1. The summed E-state index contributed by atoms with van der Waals surface area (Å²) in [7, 11) is 11.2. The molecule has 3 aromatic carbocycles. The molecule has 24 heavy (non-hydrogen) atoms. The van der Waals surface area contributed by atoms with Crippen LogP contribution in [-0.2, 0) is 24.4 Å². The summed E-state index contributed by atoms with van der Waals surface area (Å²) in [5, 5.41) is 2.64. The van der Waals surface area contributed by atoms with Gasteiger partial charge in [-0.2, -0.15) is 35.9 Å². The Morgan fingerprint density at radius 2 is 1.67 bits per heavy atom. The van der Waals surface area contributed by atoms with Gasteiger partial charge in [-0.15, -0.1) is 23.1 Å². The van der Waals surface area contributed by atoms with E-state index < -0.39 is 18.0 Å². The normalized spacial score (nSPS) is 11.0. The second-order valence-corrected chi connectivity index (χ2v) is 28.6. The molecule has 0 nitrogen and oxygen atoms in total. The first kappa shape index (κ1) is 19.8. The van der Waals surface area contributed by atoms with Crippen LogP contribution < -0.4 is 0 Å². The third-order valence-electron chi connectivity index (χ3n) is 3.52. The molecule has 0 spiro atoms. The van der Waals surface area contributed by atoms with Crippen LogP contribution in [0.4, 0.5) is 0 Å². The van der Waals surface area contributed by atoms with E-state index in [2.05, 4.69) is 61.6 Å². The predicted molar refractivity (Wildman–Crippen MR) is 106 cm³/mol. The number of halogens is 2. The van der Waals surface area contributed by atoms with Crippen molar-refractivity contribution < 1.29 is 18.0 Å². The average molecular weight is 451 g/mol. The van der Waals surface area contributed by atoms with Crippen LogP contribution in [0.2, 0.25) is 13.1 Å². The summed E-state index contributed by atoms with van der Waals surface area (Å²) in [6.45, 7) is 4.33. The van der Waals surface area contributed by atoms with Crippen LogP contribution in [0, 0.1) is 6.08 Å². The summed E-state index contributed by atoms with van der Waals surface area (Å²) in [4.78, 5) is 0. The third kappa shape index (κ3) is 6.08. The smallest absolute Gasteiger partial charge is 0.0637 e. The molecule has 0 saturated heterocycles. The maximum Gasteiger partial charge on any atom is -0.0637 e. The topological polar surface area (TPSA) is 0 Å². The number of benzene rings is 2. The van der Waals surface area contributed by atoms with Crippen molar-refractivity contribution in [2.24, 2.45) is 0 Å². The Hall–Kier alpha value is -0.530. The van der Waals surface area contributed by atoms with Gasteiger partial charge in [-0.3, -0.25) is 0 Å². The van der Waals surface area contributed by atoms with E-state index in [1.807, 2.05) is 30.3 Å². The zero-order chi connectivity index (χ0) is 17.4. The molecule has 0 heterocycles.